The molecule has 152 valence electrons. The molecule has 0 unspecified atom stereocenters. The molecule has 1 N–H and O–H groups in total. The Bertz CT molecular complexity index is 780. The Morgan fingerprint density at radius 3 is 2.36 bits per heavy atom. The van der Waals surface area contributed by atoms with E-state index in [0.29, 0.717) is 33.8 Å². The van der Waals surface area contributed by atoms with Crippen molar-refractivity contribution in [2.75, 3.05) is 46.3 Å². The van der Waals surface area contributed by atoms with Crippen LogP contribution in [0.15, 0.2) is 12.1 Å². The Labute approximate surface area is 168 Å². The number of likely N-dealkylation sites (tertiary alicyclic amines) is 1. The van der Waals surface area contributed by atoms with E-state index in [0.717, 1.165) is 25.2 Å². The highest BCUT2D eigenvalue weighted by Crippen LogP contribution is 2.42. The quantitative estimate of drug-likeness (QED) is 0.721. The first-order chi connectivity index (χ1) is 13.6. The molecule has 1 aliphatic heterocycles. The molecule has 1 saturated heterocycles. The summed E-state index contributed by atoms with van der Waals surface area (Å²) < 4.78 is 16.1. The number of hydrogen-bond acceptors (Lipinski definition) is 8. The molecular formula is C19H26N4O4S. The number of carbonyl (C=O) groups is 1. The molecule has 1 fully saturated rings. The van der Waals surface area contributed by atoms with Gasteiger partial charge in [-0.1, -0.05) is 17.8 Å². The van der Waals surface area contributed by atoms with Crippen molar-refractivity contribution in [2.24, 2.45) is 0 Å². The molecule has 0 bridgehead atoms. The molecule has 0 atom stereocenters. The van der Waals surface area contributed by atoms with Crippen molar-refractivity contribution in [1.82, 2.24) is 15.1 Å². The zero-order chi connectivity index (χ0) is 19.9. The number of piperidine rings is 1. The van der Waals surface area contributed by atoms with Crippen molar-refractivity contribution in [3.63, 3.8) is 0 Å². The third kappa shape index (κ3) is 4.90. The van der Waals surface area contributed by atoms with E-state index in [1.165, 1.54) is 30.6 Å². The summed E-state index contributed by atoms with van der Waals surface area (Å²) in [6, 6.07) is 3.62. The molecule has 28 heavy (non-hydrogen) atoms. The van der Waals surface area contributed by atoms with Crippen molar-refractivity contribution < 1.29 is 19.0 Å². The zero-order valence-electron chi connectivity index (χ0n) is 16.5. The maximum absolute atomic E-state index is 12.2. The fraction of sp³-hybridized carbons (Fsp3) is 0.526. The monoisotopic (exact) mass is 406 g/mol. The smallest absolute Gasteiger partial charge is 0.227 e. The van der Waals surface area contributed by atoms with Gasteiger partial charge in [0, 0.05) is 18.5 Å². The summed E-state index contributed by atoms with van der Waals surface area (Å²) in [6.07, 6.45) is 4.18. The van der Waals surface area contributed by atoms with Crippen molar-refractivity contribution in [2.45, 2.75) is 25.7 Å². The van der Waals surface area contributed by atoms with Crippen molar-refractivity contribution in [3.05, 3.63) is 12.1 Å². The number of hydrogen-bond donors (Lipinski definition) is 1. The summed E-state index contributed by atoms with van der Waals surface area (Å²) >= 11 is 1.31. The van der Waals surface area contributed by atoms with E-state index in [1.54, 1.807) is 21.3 Å². The van der Waals surface area contributed by atoms with Gasteiger partial charge >= 0.3 is 0 Å². The lowest BCUT2D eigenvalue weighted by Gasteiger charge is -2.25. The molecule has 1 amide bonds. The van der Waals surface area contributed by atoms with Gasteiger partial charge in [-0.15, -0.1) is 10.2 Å². The number of carbonyl (C=O) groups excluding carboxylic acids is 1. The van der Waals surface area contributed by atoms with Gasteiger partial charge in [0.15, 0.2) is 11.5 Å². The Balaban J connectivity index is 1.65. The Kier molecular flexibility index (Phi) is 7.05. The molecule has 0 spiro atoms. The van der Waals surface area contributed by atoms with Gasteiger partial charge in [0.25, 0.3) is 0 Å². The van der Waals surface area contributed by atoms with Crippen LogP contribution in [0, 0.1) is 0 Å². The normalized spacial score (nSPS) is 14.5. The first kappa shape index (κ1) is 20.3. The summed E-state index contributed by atoms with van der Waals surface area (Å²) in [5, 5.41) is 12.3. The lowest BCUT2D eigenvalue weighted by molar-refractivity contribution is -0.116. The molecule has 2 heterocycles. The van der Waals surface area contributed by atoms with Crippen molar-refractivity contribution in [3.8, 4) is 27.8 Å². The van der Waals surface area contributed by atoms with E-state index in [4.69, 9.17) is 14.2 Å². The minimum absolute atomic E-state index is 0.0434. The first-order valence-corrected chi connectivity index (χ1v) is 10.1. The summed E-state index contributed by atoms with van der Waals surface area (Å²) in [5.74, 6) is 1.56. The summed E-state index contributed by atoms with van der Waals surface area (Å²) in [4.78, 5) is 14.6. The van der Waals surface area contributed by atoms with Gasteiger partial charge < -0.3 is 24.4 Å². The number of benzene rings is 1. The number of methoxy groups -OCH3 is 3. The van der Waals surface area contributed by atoms with Gasteiger partial charge in [0.05, 0.1) is 21.3 Å². The van der Waals surface area contributed by atoms with Crippen LogP contribution in [0.3, 0.4) is 0 Å². The van der Waals surface area contributed by atoms with E-state index in [2.05, 4.69) is 20.4 Å². The minimum atomic E-state index is -0.0434. The predicted octanol–water partition coefficient (Wildman–Crippen LogP) is 3.05. The summed E-state index contributed by atoms with van der Waals surface area (Å²) in [5.41, 5.74) is 0.779. The molecule has 1 aromatic carbocycles. The van der Waals surface area contributed by atoms with Gasteiger partial charge in [-0.3, -0.25) is 4.79 Å². The molecule has 0 saturated carbocycles. The molecule has 3 rings (SSSR count). The molecule has 0 radical (unpaired) electrons. The van der Waals surface area contributed by atoms with Gasteiger partial charge in [-0.2, -0.15) is 0 Å². The number of nitrogens with zero attached hydrogens (tertiary/aromatic N) is 3. The highest BCUT2D eigenvalue weighted by molar-refractivity contribution is 7.18. The van der Waals surface area contributed by atoms with Crippen LogP contribution in [0.25, 0.3) is 10.6 Å². The highest BCUT2D eigenvalue weighted by Gasteiger charge is 2.17. The molecular weight excluding hydrogens is 380 g/mol. The van der Waals surface area contributed by atoms with Crippen LogP contribution in [0.1, 0.15) is 25.7 Å². The van der Waals surface area contributed by atoms with Crippen LogP contribution < -0.4 is 19.5 Å². The molecule has 0 aliphatic carbocycles. The van der Waals surface area contributed by atoms with Gasteiger partial charge in [-0.25, -0.2) is 0 Å². The number of anilines is 1. The third-order valence-electron chi connectivity index (χ3n) is 4.69. The van der Waals surface area contributed by atoms with Crippen LogP contribution in [0.5, 0.6) is 17.2 Å². The maximum atomic E-state index is 12.2. The van der Waals surface area contributed by atoms with Crippen molar-refractivity contribution >= 4 is 22.4 Å². The van der Waals surface area contributed by atoms with Crippen LogP contribution in [-0.2, 0) is 4.79 Å². The fourth-order valence-electron chi connectivity index (χ4n) is 3.22. The second-order valence-corrected chi connectivity index (χ2v) is 7.50. The molecule has 1 aliphatic rings. The number of aromatic nitrogens is 2. The van der Waals surface area contributed by atoms with Gasteiger partial charge in [0.2, 0.25) is 16.8 Å². The predicted molar refractivity (Wildman–Crippen MR) is 109 cm³/mol. The van der Waals surface area contributed by atoms with Crippen molar-refractivity contribution in [1.29, 1.82) is 0 Å². The molecule has 2 aromatic rings. The van der Waals surface area contributed by atoms with Gasteiger partial charge in [-0.05, 0) is 38.1 Å². The van der Waals surface area contributed by atoms with Crippen LogP contribution in [0.2, 0.25) is 0 Å². The average Bonchev–Trinajstić information content (AvgIpc) is 3.20. The Hall–Kier alpha value is -2.39. The molecule has 1 aromatic heterocycles. The SMILES string of the molecule is COc1cc(-c2nnc(NC(=O)CCN3CCCCC3)s2)cc(OC)c1OC. The highest BCUT2D eigenvalue weighted by atomic mass is 32.1. The van der Waals surface area contributed by atoms with Crippen LogP contribution in [0.4, 0.5) is 5.13 Å². The second-order valence-electron chi connectivity index (χ2n) is 6.53. The minimum Gasteiger partial charge on any atom is -0.493 e. The summed E-state index contributed by atoms with van der Waals surface area (Å²) in [7, 11) is 4.69. The average molecular weight is 407 g/mol. The first-order valence-electron chi connectivity index (χ1n) is 9.30. The van der Waals surface area contributed by atoms with E-state index < -0.39 is 0 Å². The Morgan fingerprint density at radius 1 is 1.07 bits per heavy atom. The van der Waals surface area contributed by atoms with E-state index in [1.807, 2.05) is 12.1 Å². The van der Waals surface area contributed by atoms with Crippen LogP contribution >= 0.6 is 11.3 Å². The topological polar surface area (TPSA) is 85.8 Å². The van der Waals surface area contributed by atoms with Gasteiger partial charge in [0.1, 0.15) is 5.01 Å². The fourth-order valence-corrected chi connectivity index (χ4v) is 3.97. The summed E-state index contributed by atoms with van der Waals surface area (Å²) in [6.45, 7) is 2.94. The molecule has 8 nitrogen and oxygen atoms in total. The van der Waals surface area contributed by atoms with E-state index >= 15 is 0 Å². The van der Waals surface area contributed by atoms with Crippen LogP contribution in [-0.4, -0.2) is 62.0 Å². The number of rotatable bonds is 8. The number of ether oxygens (including phenoxy) is 3. The third-order valence-corrected chi connectivity index (χ3v) is 5.57. The zero-order valence-corrected chi connectivity index (χ0v) is 17.3. The second kappa shape index (κ2) is 9.70. The maximum Gasteiger partial charge on any atom is 0.227 e. The number of nitrogens with one attached hydrogen (secondary N) is 1. The lowest BCUT2D eigenvalue weighted by atomic mass is 10.1. The standard InChI is InChI=1S/C19H26N4O4S/c1-25-14-11-13(12-15(26-2)17(14)27-3)18-21-22-19(28-18)20-16(24)7-10-23-8-5-4-6-9-23/h11-12H,4-10H2,1-3H3,(H,20,22,24). The largest absolute Gasteiger partial charge is 0.493 e. The van der Waals surface area contributed by atoms with E-state index in [-0.39, 0.29) is 5.91 Å². The Morgan fingerprint density at radius 2 is 1.75 bits per heavy atom. The van der Waals surface area contributed by atoms with E-state index in [9.17, 15) is 4.79 Å². The lowest BCUT2D eigenvalue weighted by Crippen LogP contribution is -2.32. The number of amides is 1. The molecule has 9 heteroatoms.